The van der Waals surface area contributed by atoms with Gasteiger partial charge >= 0.3 is 12.3 Å². The monoisotopic (exact) mass is 344 g/mol. The van der Waals surface area contributed by atoms with Gasteiger partial charge in [-0.15, -0.1) is 0 Å². The Bertz CT molecular complexity index is 683. The number of rotatable bonds is 5. The van der Waals surface area contributed by atoms with E-state index in [1.165, 1.54) is 24.3 Å². The minimum Gasteiger partial charge on any atom is -0.486 e. The zero-order valence-electron chi connectivity index (χ0n) is 12.7. The summed E-state index contributed by atoms with van der Waals surface area (Å²) >= 11 is 0. The van der Waals surface area contributed by atoms with Crippen LogP contribution in [0.2, 0.25) is 0 Å². The molecular formula is C15H15F3N2O4. The van der Waals surface area contributed by atoms with Gasteiger partial charge in [-0.05, 0) is 37.3 Å². The van der Waals surface area contributed by atoms with E-state index >= 15 is 0 Å². The van der Waals surface area contributed by atoms with Crippen LogP contribution in [0.25, 0.3) is 0 Å². The van der Waals surface area contributed by atoms with Crippen LogP contribution >= 0.6 is 0 Å². The fourth-order valence-corrected chi connectivity index (χ4v) is 1.76. The number of carbonyl (C=O) groups is 1. The van der Waals surface area contributed by atoms with Gasteiger partial charge in [-0.1, -0.05) is 0 Å². The Morgan fingerprint density at radius 3 is 2.50 bits per heavy atom. The Morgan fingerprint density at radius 2 is 1.96 bits per heavy atom. The highest BCUT2D eigenvalue weighted by Crippen LogP contribution is 2.31. The third-order valence-corrected chi connectivity index (χ3v) is 2.94. The van der Waals surface area contributed by atoms with Gasteiger partial charge in [0.25, 0.3) is 0 Å². The molecule has 0 spiro atoms. The van der Waals surface area contributed by atoms with Gasteiger partial charge in [-0.2, -0.15) is 13.2 Å². The molecule has 0 fully saturated rings. The summed E-state index contributed by atoms with van der Waals surface area (Å²) < 4.78 is 52.2. The van der Waals surface area contributed by atoms with Crippen molar-refractivity contribution in [3.05, 3.63) is 47.9 Å². The molecule has 0 saturated carbocycles. The van der Waals surface area contributed by atoms with E-state index < -0.39 is 17.8 Å². The number of nitrogens with two attached hydrogens (primary N) is 1. The van der Waals surface area contributed by atoms with Crippen LogP contribution in [0.5, 0.6) is 5.75 Å². The number of alkyl halides is 3. The molecule has 2 N–H and O–H groups in total. The zero-order chi connectivity index (χ0) is 17.7. The summed E-state index contributed by atoms with van der Waals surface area (Å²) in [6.07, 6.45) is -4.53. The van der Waals surface area contributed by atoms with Gasteiger partial charge in [-0.3, -0.25) is 0 Å². The van der Waals surface area contributed by atoms with Crippen molar-refractivity contribution in [2.75, 3.05) is 11.6 Å². The predicted molar refractivity (Wildman–Crippen MR) is 78.2 cm³/mol. The van der Waals surface area contributed by atoms with Crippen LogP contribution in [0.4, 0.5) is 23.7 Å². The Labute approximate surface area is 135 Å². The van der Waals surface area contributed by atoms with E-state index in [1.54, 1.807) is 6.92 Å². The van der Waals surface area contributed by atoms with Crippen molar-refractivity contribution in [3.8, 4) is 5.75 Å². The Balaban J connectivity index is 1.94. The summed E-state index contributed by atoms with van der Waals surface area (Å²) in [4.78, 5) is 11.5. The van der Waals surface area contributed by atoms with E-state index in [-0.39, 0.29) is 19.0 Å². The molecule has 130 valence electrons. The molecule has 0 aliphatic heterocycles. The second-order valence-electron chi connectivity index (χ2n) is 4.65. The molecule has 1 amide bonds. The van der Waals surface area contributed by atoms with Crippen molar-refractivity contribution >= 4 is 11.8 Å². The van der Waals surface area contributed by atoms with Crippen molar-refractivity contribution < 1.29 is 31.9 Å². The van der Waals surface area contributed by atoms with Crippen molar-refractivity contribution in [2.45, 2.75) is 19.7 Å². The lowest BCUT2D eigenvalue weighted by Crippen LogP contribution is -2.37. The minimum absolute atomic E-state index is 0.0402. The van der Waals surface area contributed by atoms with Crippen LogP contribution in [0.1, 0.15) is 18.2 Å². The number of halogens is 3. The number of benzene rings is 1. The Hall–Kier alpha value is -2.68. The maximum Gasteiger partial charge on any atom is 0.428 e. The first-order chi connectivity index (χ1) is 11.3. The number of hydrazine groups is 1. The lowest BCUT2D eigenvalue weighted by molar-refractivity contribution is -0.137. The Kier molecular flexibility index (Phi) is 5.35. The SMILES string of the molecule is CCOC(=O)N(N)c1ccc(OCc2cc(C(F)(F)F)co2)cc1. The lowest BCUT2D eigenvalue weighted by Gasteiger charge is -2.16. The summed E-state index contributed by atoms with van der Waals surface area (Å²) in [5.41, 5.74) is -0.497. The molecular weight excluding hydrogens is 329 g/mol. The van der Waals surface area contributed by atoms with E-state index in [0.29, 0.717) is 17.7 Å². The van der Waals surface area contributed by atoms with Crippen LogP contribution in [0.3, 0.4) is 0 Å². The second kappa shape index (κ2) is 7.26. The first-order valence-electron chi connectivity index (χ1n) is 6.90. The quantitative estimate of drug-likeness (QED) is 0.508. The number of furan rings is 1. The maximum atomic E-state index is 12.4. The molecule has 1 aromatic heterocycles. The molecule has 2 rings (SSSR count). The average molecular weight is 344 g/mol. The number of ether oxygens (including phenoxy) is 2. The second-order valence-corrected chi connectivity index (χ2v) is 4.65. The largest absolute Gasteiger partial charge is 0.486 e. The van der Waals surface area contributed by atoms with Gasteiger partial charge in [0.1, 0.15) is 24.4 Å². The molecule has 6 nitrogen and oxygen atoms in total. The van der Waals surface area contributed by atoms with Gasteiger partial charge in [0.05, 0.1) is 17.9 Å². The van der Waals surface area contributed by atoms with Crippen LogP contribution in [0, 0.1) is 0 Å². The fourth-order valence-electron chi connectivity index (χ4n) is 1.76. The van der Waals surface area contributed by atoms with E-state index in [1.807, 2.05) is 0 Å². The molecule has 0 bridgehead atoms. The highest BCUT2D eigenvalue weighted by Gasteiger charge is 2.32. The third kappa shape index (κ3) is 4.42. The summed E-state index contributed by atoms with van der Waals surface area (Å²) in [6, 6.07) is 6.92. The first kappa shape index (κ1) is 17.7. The number of carbonyl (C=O) groups excluding carboxylic acids is 1. The number of nitrogens with zero attached hydrogens (tertiary/aromatic N) is 1. The summed E-state index contributed by atoms with van der Waals surface area (Å²) in [5.74, 6) is 6.00. The summed E-state index contributed by atoms with van der Waals surface area (Å²) in [6.45, 7) is 1.68. The van der Waals surface area contributed by atoms with Gasteiger partial charge < -0.3 is 13.9 Å². The van der Waals surface area contributed by atoms with Gasteiger partial charge in [0.15, 0.2) is 0 Å². The Morgan fingerprint density at radius 1 is 1.29 bits per heavy atom. The molecule has 2 aromatic rings. The van der Waals surface area contributed by atoms with Crippen molar-refractivity contribution in [2.24, 2.45) is 5.84 Å². The van der Waals surface area contributed by atoms with E-state index in [4.69, 9.17) is 19.7 Å². The van der Waals surface area contributed by atoms with Crippen molar-refractivity contribution in [1.29, 1.82) is 0 Å². The van der Waals surface area contributed by atoms with Gasteiger partial charge in [-0.25, -0.2) is 15.6 Å². The van der Waals surface area contributed by atoms with Crippen LogP contribution in [0.15, 0.2) is 41.0 Å². The highest BCUT2D eigenvalue weighted by atomic mass is 19.4. The number of hydrogen-bond donors (Lipinski definition) is 1. The van der Waals surface area contributed by atoms with Crippen LogP contribution < -0.4 is 15.6 Å². The zero-order valence-corrected chi connectivity index (χ0v) is 12.7. The van der Waals surface area contributed by atoms with Crippen LogP contribution in [-0.4, -0.2) is 12.7 Å². The first-order valence-corrected chi connectivity index (χ1v) is 6.90. The molecule has 0 saturated heterocycles. The molecule has 0 unspecified atom stereocenters. The summed E-state index contributed by atoms with van der Waals surface area (Å²) in [5, 5.41) is 0.829. The van der Waals surface area contributed by atoms with E-state index in [9.17, 15) is 18.0 Å². The van der Waals surface area contributed by atoms with E-state index in [0.717, 1.165) is 11.1 Å². The molecule has 0 atom stereocenters. The van der Waals surface area contributed by atoms with Crippen molar-refractivity contribution in [1.82, 2.24) is 0 Å². The molecule has 0 aliphatic rings. The standard InChI is InChI=1S/C15H15F3N2O4/c1-2-22-14(21)20(19)11-3-5-12(6-4-11)24-9-13-7-10(8-23-13)15(16,17)18/h3-8H,2,9,19H2,1H3. The van der Waals surface area contributed by atoms with Crippen LogP contribution in [-0.2, 0) is 17.5 Å². The number of anilines is 1. The topological polar surface area (TPSA) is 77.9 Å². The molecule has 0 aliphatic carbocycles. The molecule has 1 aromatic carbocycles. The number of hydrogen-bond acceptors (Lipinski definition) is 5. The molecule has 1 heterocycles. The predicted octanol–water partition coefficient (Wildman–Crippen LogP) is 3.71. The minimum atomic E-state index is -4.46. The normalized spacial score (nSPS) is 11.2. The van der Waals surface area contributed by atoms with E-state index in [2.05, 4.69) is 0 Å². The lowest BCUT2D eigenvalue weighted by atomic mass is 10.3. The molecule has 24 heavy (non-hydrogen) atoms. The van der Waals surface area contributed by atoms with Crippen molar-refractivity contribution in [3.63, 3.8) is 0 Å². The molecule has 9 heteroatoms. The highest BCUT2D eigenvalue weighted by molar-refractivity contribution is 5.86. The summed E-state index contributed by atoms with van der Waals surface area (Å²) in [7, 11) is 0. The van der Waals surface area contributed by atoms with Gasteiger partial charge in [0.2, 0.25) is 0 Å². The smallest absolute Gasteiger partial charge is 0.428 e. The maximum absolute atomic E-state index is 12.4. The fraction of sp³-hybridized carbons (Fsp3) is 0.267. The molecule has 0 radical (unpaired) electrons. The van der Waals surface area contributed by atoms with Gasteiger partial charge in [0, 0.05) is 0 Å². The average Bonchev–Trinajstić information content (AvgIpc) is 3.02. The third-order valence-electron chi connectivity index (χ3n) is 2.94. The number of amides is 1.